The van der Waals surface area contributed by atoms with E-state index in [2.05, 4.69) is 55.2 Å². The Labute approximate surface area is 97.1 Å². The first-order valence-electron chi connectivity index (χ1n) is 4.61. The quantitative estimate of drug-likeness (QED) is 0.434. The van der Waals surface area contributed by atoms with Crippen molar-refractivity contribution in [3.05, 3.63) is 0 Å². The lowest BCUT2D eigenvalue weighted by Gasteiger charge is -2.20. The zero-order chi connectivity index (χ0) is 12.8. The van der Waals surface area contributed by atoms with Crippen molar-refractivity contribution in [2.75, 3.05) is 42.3 Å². The molecule has 0 saturated carbocycles. The van der Waals surface area contributed by atoms with Crippen LogP contribution >= 0.6 is 0 Å². The van der Waals surface area contributed by atoms with Gasteiger partial charge in [-0.3, -0.25) is 0 Å². The van der Waals surface area contributed by atoms with Crippen molar-refractivity contribution in [2.45, 2.75) is 13.1 Å². The Morgan fingerprint density at radius 2 is 0.867 bits per heavy atom. The van der Waals surface area contributed by atoms with Crippen LogP contribution in [0.4, 0.5) is 8.22 Å². The summed E-state index contributed by atoms with van der Waals surface area (Å²) in [5.41, 5.74) is 0. The zero-order valence-corrected chi connectivity index (χ0v) is 12.8. The molecule has 0 aromatic heterocycles. The number of nitrogens with zero attached hydrogens (tertiary/aromatic N) is 3. The topological polar surface area (TPSA) is 9.72 Å². The Bertz CT molecular complexity index is 137. The summed E-state index contributed by atoms with van der Waals surface area (Å²) in [6, 6.07) is 0. The van der Waals surface area contributed by atoms with Gasteiger partial charge in [-0.1, -0.05) is 12.9 Å². The van der Waals surface area contributed by atoms with Gasteiger partial charge < -0.3 is 8.22 Å². The van der Waals surface area contributed by atoms with E-state index < -0.39 is 8.74 Å². The summed E-state index contributed by atoms with van der Waals surface area (Å²) in [5, 5.41) is 0. The highest BCUT2D eigenvalue weighted by Gasteiger charge is 2.29. The minimum atomic E-state index is -3.61. The van der Waals surface area contributed by atoms with Gasteiger partial charge in [-0.2, -0.15) is 0 Å². The molecule has 95 valence electrons. The molecule has 0 amide bonds. The average molecular weight is 260 g/mol. The lowest BCUT2D eigenvalue weighted by Crippen LogP contribution is -2.44. The van der Waals surface area contributed by atoms with Crippen LogP contribution in [0.3, 0.4) is 0 Å². The highest BCUT2D eigenvalue weighted by atomic mass is 32.2. The summed E-state index contributed by atoms with van der Waals surface area (Å²) in [6.45, 7) is 1.99. The van der Waals surface area contributed by atoms with Crippen LogP contribution < -0.4 is 0 Å². The standard InChI is InChI=1S/C6H18N3S.C2H6F2Si/c1-7(2)10(8(3)4)9(5)6;1-5(2,3)4/h1-6H3;1-2H3/q+1;-1. The predicted molar refractivity (Wildman–Crippen MR) is 68.1 cm³/mol. The van der Waals surface area contributed by atoms with Crippen molar-refractivity contribution >= 4 is 20.2 Å². The third-order valence-corrected chi connectivity index (χ3v) is 2.94. The van der Waals surface area contributed by atoms with E-state index >= 15 is 0 Å². The first-order chi connectivity index (χ1) is 6.46. The summed E-state index contributed by atoms with van der Waals surface area (Å²) in [7, 11) is 8.91. The van der Waals surface area contributed by atoms with Crippen molar-refractivity contribution in [3.63, 3.8) is 0 Å². The molecule has 0 rings (SSSR count). The molecule has 0 heterocycles. The van der Waals surface area contributed by atoms with E-state index in [-0.39, 0.29) is 11.5 Å². The second-order valence-corrected chi connectivity index (χ2v) is 9.34. The third-order valence-electron chi connectivity index (χ3n) is 0.980. The maximum atomic E-state index is 11.2. The second kappa shape index (κ2) is 7.56. The van der Waals surface area contributed by atoms with Gasteiger partial charge in [0.2, 0.25) is 0 Å². The van der Waals surface area contributed by atoms with Crippen LogP contribution in [0.25, 0.3) is 0 Å². The van der Waals surface area contributed by atoms with Crippen molar-refractivity contribution < 1.29 is 8.22 Å². The fourth-order valence-corrected chi connectivity index (χ4v) is 2.94. The van der Waals surface area contributed by atoms with Crippen LogP contribution in [0.15, 0.2) is 0 Å². The Morgan fingerprint density at radius 1 is 0.733 bits per heavy atom. The number of halogens is 2. The minimum Gasteiger partial charge on any atom is -0.451 e. The molecule has 0 aliphatic carbocycles. The first-order valence-corrected chi connectivity index (χ1v) is 8.46. The van der Waals surface area contributed by atoms with Crippen LogP contribution in [0.5, 0.6) is 0 Å². The van der Waals surface area contributed by atoms with E-state index in [1.165, 1.54) is 0 Å². The average Bonchev–Trinajstić information content (AvgIpc) is 1.77. The minimum absolute atomic E-state index is 0.120. The lowest BCUT2D eigenvalue weighted by atomic mass is 11.2. The fourth-order valence-electron chi connectivity index (χ4n) is 0.980. The van der Waals surface area contributed by atoms with Crippen LogP contribution in [-0.2, 0) is 11.5 Å². The summed E-state index contributed by atoms with van der Waals surface area (Å²) < 4.78 is 28.9. The molecule has 0 aromatic rings. The largest absolute Gasteiger partial charge is 0.451 e. The van der Waals surface area contributed by atoms with Crippen LogP contribution in [-0.4, -0.2) is 63.9 Å². The highest BCUT2D eigenvalue weighted by Crippen LogP contribution is 2.05. The molecule has 0 N–H and O–H groups in total. The molecule has 0 spiro atoms. The van der Waals surface area contributed by atoms with Crippen molar-refractivity contribution in [1.29, 1.82) is 0 Å². The molecular formula is C8H24F2N3SSi. The van der Waals surface area contributed by atoms with Gasteiger partial charge >= 0.3 is 0 Å². The van der Waals surface area contributed by atoms with Crippen LogP contribution in [0.1, 0.15) is 0 Å². The van der Waals surface area contributed by atoms with E-state index in [4.69, 9.17) is 0 Å². The number of hydrogen-bond acceptors (Lipinski definition) is 3. The van der Waals surface area contributed by atoms with Gasteiger partial charge in [0.05, 0.1) is 0 Å². The van der Waals surface area contributed by atoms with Crippen LogP contribution in [0, 0.1) is 0 Å². The smallest absolute Gasteiger partial charge is 0.266 e. The van der Waals surface area contributed by atoms with E-state index in [9.17, 15) is 8.22 Å². The summed E-state index contributed by atoms with van der Waals surface area (Å²) in [6.07, 6.45) is 0. The SMILES string of the molecule is CN(C)[S+](N(C)C)N(C)C.C[Si-](C)(F)F. The molecule has 0 bridgehead atoms. The van der Waals surface area contributed by atoms with E-state index in [0.29, 0.717) is 0 Å². The predicted octanol–water partition coefficient (Wildman–Crippen LogP) is 1.66. The highest BCUT2D eigenvalue weighted by molar-refractivity contribution is 7.90. The van der Waals surface area contributed by atoms with Crippen molar-refractivity contribution in [3.8, 4) is 0 Å². The molecule has 0 atom stereocenters. The van der Waals surface area contributed by atoms with Crippen molar-refractivity contribution in [2.24, 2.45) is 0 Å². The molecule has 7 heteroatoms. The van der Waals surface area contributed by atoms with Gasteiger partial charge in [0.25, 0.3) is 11.5 Å². The molecule has 0 fully saturated rings. The Balaban J connectivity index is 0. The van der Waals surface area contributed by atoms with E-state index in [1.807, 2.05) is 0 Å². The van der Waals surface area contributed by atoms with E-state index in [1.54, 1.807) is 0 Å². The summed E-state index contributed by atoms with van der Waals surface area (Å²) in [4.78, 5) is 0. The van der Waals surface area contributed by atoms with Gasteiger partial charge in [-0.05, 0) is 0 Å². The van der Waals surface area contributed by atoms with Gasteiger partial charge in [0.15, 0.2) is 8.74 Å². The molecule has 0 aliphatic heterocycles. The normalized spacial score (nSPS) is 12.4. The van der Waals surface area contributed by atoms with Gasteiger partial charge in [-0.25, -0.2) is 0 Å². The van der Waals surface area contributed by atoms with E-state index in [0.717, 1.165) is 13.1 Å². The third kappa shape index (κ3) is 14.3. The monoisotopic (exact) mass is 260 g/mol. The maximum absolute atomic E-state index is 11.2. The summed E-state index contributed by atoms with van der Waals surface area (Å²) in [5.74, 6) is 0. The molecular weight excluding hydrogens is 236 g/mol. The molecule has 0 aromatic carbocycles. The Morgan fingerprint density at radius 3 is 0.867 bits per heavy atom. The molecule has 0 saturated heterocycles. The molecule has 15 heavy (non-hydrogen) atoms. The molecule has 0 aliphatic rings. The lowest BCUT2D eigenvalue weighted by molar-refractivity contribution is 0.511. The van der Waals surface area contributed by atoms with Crippen molar-refractivity contribution in [1.82, 2.24) is 12.9 Å². The molecule has 3 nitrogen and oxygen atoms in total. The maximum Gasteiger partial charge on any atom is 0.266 e. The zero-order valence-electron chi connectivity index (χ0n) is 11.0. The van der Waals surface area contributed by atoms with Gasteiger partial charge in [-0.15, -0.1) is 13.1 Å². The first kappa shape index (κ1) is 17.7. The van der Waals surface area contributed by atoms with Crippen LogP contribution in [0.2, 0.25) is 13.1 Å². The number of hydrogen-bond donors (Lipinski definition) is 0. The Hall–Kier alpha value is 0.307. The molecule has 0 unspecified atom stereocenters. The summed E-state index contributed by atoms with van der Waals surface area (Å²) >= 11 is 0.120. The van der Waals surface area contributed by atoms with Gasteiger partial charge in [0, 0.05) is 42.3 Å². The Kier molecular flexibility index (Phi) is 8.92. The molecule has 0 radical (unpaired) electrons. The fraction of sp³-hybridized carbons (Fsp3) is 1.00. The van der Waals surface area contributed by atoms with Gasteiger partial charge in [0.1, 0.15) is 0 Å². The second-order valence-electron chi connectivity index (χ2n) is 4.01. The number of rotatable bonds is 3.